The van der Waals surface area contributed by atoms with Crippen LogP contribution in [0.3, 0.4) is 0 Å². The van der Waals surface area contributed by atoms with Gasteiger partial charge in [-0.15, -0.1) is 0 Å². The minimum absolute atomic E-state index is 0.245. The van der Waals surface area contributed by atoms with E-state index in [4.69, 9.17) is 10.5 Å². The third kappa shape index (κ3) is 7.49. The van der Waals surface area contributed by atoms with E-state index < -0.39 is 0 Å². The Kier molecular flexibility index (Phi) is 9.05. The zero-order chi connectivity index (χ0) is 14.6. The fourth-order valence-electron chi connectivity index (χ4n) is 2.26. The molecule has 0 aliphatic rings. The lowest BCUT2D eigenvalue weighted by molar-refractivity contribution is 0.302. The topological polar surface area (TPSA) is 35.2 Å². The number of hydrogen-bond acceptors (Lipinski definition) is 2. The molecule has 0 aliphatic heterocycles. The van der Waals surface area contributed by atoms with Crippen LogP contribution >= 0.6 is 0 Å². The van der Waals surface area contributed by atoms with Crippen LogP contribution in [-0.4, -0.2) is 13.2 Å². The van der Waals surface area contributed by atoms with E-state index in [9.17, 15) is 4.39 Å². The second-order valence-electron chi connectivity index (χ2n) is 5.30. The van der Waals surface area contributed by atoms with Crippen LogP contribution in [-0.2, 0) is 6.42 Å². The fraction of sp³-hybridized carbons (Fsp3) is 0.647. The van der Waals surface area contributed by atoms with Crippen molar-refractivity contribution in [3.05, 3.63) is 29.6 Å². The van der Waals surface area contributed by atoms with Crippen LogP contribution in [0.2, 0.25) is 0 Å². The lowest BCUT2D eigenvalue weighted by Gasteiger charge is -2.08. The normalized spacial score (nSPS) is 10.8. The predicted molar refractivity (Wildman–Crippen MR) is 82.6 cm³/mol. The van der Waals surface area contributed by atoms with Gasteiger partial charge in [-0.1, -0.05) is 45.4 Å². The molecule has 3 heteroatoms. The van der Waals surface area contributed by atoms with E-state index >= 15 is 0 Å². The van der Waals surface area contributed by atoms with Crippen molar-refractivity contribution < 1.29 is 9.13 Å². The highest BCUT2D eigenvalue weighted by molar-refractivity contribution is 5.29. The van der Waals surface area contributed by atoms with Crippen LogP contribution < -0.4 is 10.5 Å². The molecule has 114 valence electrons. The summed E-state index contributed by atoms with van der Waals surface area (Å²) in [6.45, 7) is 3.42. The summed E-state index contributed by atoms with van der Waals surface area (Å²) in [5, 5.41) is 0. The number of halogens is 1. The third-order valence-corrected chi connectivity index (χ3v) is 3.38. The van der Waals surface area contributed by atoms with E-state index in [1.165, 1.54) is 50.7 Å². The number of rotatable bonds is 11. The first-order chi connectivity index (χ1) is 9.76. The average Bonchev–Trinajstić information content (AvgIpc) is 2.41. The molecule has 0 atom stereocenters. The summed E-state index contributed by atoms with van der Waals surface area (Å²) in [7, 11) is 0. The van der Waals surface area contributed by atoms with Crippen LogP contribution in [0.5, 0.6) is 5.75 Å². The van der Waals surface area contributed by atoms with Crippen molar-refractivity contribution in [1.82, 2.24) is 0 Å². The van der Waals surface area contributed by atoms with Gasteiger partial charge in [0.2, 0.25) is 0 Å². The van der Waals surface area contributed by atoms with Crippen LogP contribution in [0.25, 0.3) is 0 Å². The maximum absolute atomic E-state index is 13.4. The second-order valence-corrected chi connectivity index (χ2v) is 5.30. The molecule has 1 rings (SSSR count). The van der Waals surface area contributed by atoms with Crippen LogP contribution in [0.1, 0.15) is 57.4 Å². The summed E-state index contributed by atoms with van der Waals surface area (Å²) in [4.78, 5) is 0. The Labute approximate surface area is 122 Å². The standard InChI is InChI=1S/C17H28FNO/c1-2-3-4-5-6-7-8-11-20-17-13-15(9-10-19)12-16(18)14-17/h12-14H,2-11,19H2,1H3. The molecule has 0 heterocycles. The van der Waals surface area contributed by atoms with Gasteiger partial charge in [0.05, 0.1) is 6.61 Å². The van der Waals surface area contributed by atoms with Gasteiger partial charge in [0.25, 0.3) is 0 Å². The van der Waals surface area contributed by atoms with Gasteiger partial charge in [-0.05, 0) is 37.1 Å². The highest BCUT2D eigenvalue weighted by atomic mass is 19.1. The van der Waals surface area contributed by atoms with Crippen molar-refractivity contribution in [3.63, 3.8) is 0 Å². The third-order valence-electron chi connectivity index (χ3n) is 3.38. The molecule has 2 nitrogen and oxygen atoms in total. The van der Waals surface area contributed by atoms with Gasteiger partial charge in [0, 0.05) is 6.07 Å². The number of nitrogens with two attached hydrogens (primary N) is 1. The molecule has 2 N–H and O–H groups in total. The summed E-state index contributed by atoms with van der Waals surface area (Å²) < 4.78 is 19.0. The second kappa shape index (κ2) is 10.7. The molecule has 0 radical (unpaired) electrons. The first-order valence-electron chi connectivity index (χ1n) is 7.88. The van der Waals surface area contributed by atoms with Crippen molar-refractivity contribution in [2.24, 2.45) is 5.73 Å². The number of hydrogen-bond donors (Lipinski definition) is 1. The highest BCUT2D eigenvalue weighted by Crippen LogP contribution is 2.17. The van der Waals surface area contributed by atoms with Crippen molar-refractivity contribution in [1.29, 1.82) is 0 Å². The number of unbranched alkanes of at least 4 members (excludes halogenated alkanes) is 6. The first-order valence-corrected chi connectivity index (χ1v) is 7.88. The Morgan fingerprint density at radius 1 is 1.00 bits per heavy atom. The Morgan fingerprint density at radius 2 is 1.70 bits per heavy atom. The lowest BCUT2D eigenvalue weighted by Crippen LogP contribution is -2.04. The van der Waals surface area contributed by atoms with Gasteiger partial charge < -0.3 is 10.5 Å². The Morgan fingerprint density at radius 3 is 2.40 bits per heavy atom. The minimum atomic E-state index is -0.245. The van der Waals surface area contributed by atoms with Crippen LogP contribution in [0, 0.1) is 5.82 Å². The minimum Gasteiger partial charge on any atom is -0.493 e. The molecule has 0 fully saturated rings. The quantitative estimate of drug-likeness (QED) is 0.608. The average molecular weight is 281 g/mol. The molecule has 0 aromatic heterocycles. The van der Waals surface area contributed by atoms with Crippen LogP contribution in [0.4, 0.5) is 4.39 Å². The molecule has 0 saturated heterocycles. The summed E-state index contributed by atoms with van der Waals surface area (Å²) in [5.41, 5.74) is 6.39. The van der Waals surface area contributed by atoms with Crippen LogP contribution in [0.15, 0.2) is 18.2 Å². The molecule has 20 heavy (non-hydrogen) atoms. The van der Waals surface area contributed by atoms with Crippen molar-refractivity contribution in [3.8, 4) is 5.75 Å². The number of benzene rings is 1. The lowest BCUT2D eigenvalue weighted by atomic mass is 10.1. The summed E-state index contributed by atoms with van der Waals surface area (Å²) >= 11 is 0. The Balaban J connectivity index is 2.18. The van der Waals surface area contributed by atoms with Gasteiger partial charge in [-0.25, -0.2) is 4.39 Å². The van der Waals surface area contributed by atoms with Gasteiger partial charge in [0.15, 0.2) is 0 Å². The van der Waals surface area contributed by atoms with E-state index in [-0.39, 0.29) is 5.82 Å². The molecule has 1 aromatic rings. The predicted octanol–water partition coefficient (Wildman–Crippen LogP) is 4.46. The zero-order valence-corrected chi connectivity index (χ0v) is 12.7. The first kappa shape index (κ1) is 17.0. The highest BCUT2D eigenvalue weighted by Gasteiger charge is 2.01. The van der Waals surface area contributed by atoms with E-state index in [1.54, 1.807) is 0 Å². The fourth-order valence-corrected chi connectivity index (χ4v) is 2.26. The van der Waals surface area contributed by atoms with E-state index in [2.05, 4.69) is 6.92 Å². The largest absolute Gasteiger partial charge is 0.493 e. The molecule has 0 unspecified atom stereocenters. The van der Waals surface area contributed by atoms with E-state index in [0.717, 1.165) is 12.0 Å². The molecule has 0 bridgehead atoms. The van der Waals surface area contributed by atoms with Gasteiger partial charge >= 0.3 is 0 Å². The molecular weight excluding hydrogens is 253 g/mol. The molecule has 0 saturated carbocycles. The van der Waals surface area contributed by atoms with Gasteiger partial charge in [-0.2, -0.15) is 0 Å². The smallest absolute Gasteiger partial charge is 0.127 e. The van der Waals surface area contributed by atoms with E-state index in [1.807, 2.05) is 6.07 Å². The SMILES string of the molecule is CCCCCCCCCOc1cc(F)cc(CCN)c1. The van der Waals surface area contributed by atoms with E-state index in [0.29, 0.717) is 25.3 Å². The molecule has 0 spiro atoms. The maximum atomic E-state index is 13.4. The summed E-state index contributed by atoms with van der Waals surface area (Å²) in [6.07, 6.45) is 9.45. The molecule has 1 aromatic carbocycles. The summed E-state index contributed by atoms with van der Waals surface area (Å²) in [6, 6.07) is 4.85. The zero-order valence-electron chi connectivity index (χ0n) is 12.7. The van der Waals surface area contributed by atoms with Gasteiger partial charge in [-0.3, -0.25) is 0 Å². The van der Waals surface area contributed by atoms with Crippen molar-refractivity contribution in [2.45, 2.75) is 58.3 Å². The Bertz CT molecular complexity index is 368. The van der Waals surface area contributed by atoms with Gasteiger partial charge in [0.1, 0.15) is 11.6 Å². The molecule has 0 amide bonds. The van der Waals surface area contributed by atoms with Crippen molar-refractivity contribution >= 4 is 0 Å². The Hall–Kier alpha value is -1.09. The summed E-state index contributed by atoms with van der Waals surface area (Å²) in [5.74, 6) is 0.380. The molecular formula is C17H28FNO. The molecule has 0 aliphatic carbocycles. The number of ether oxygens (including phenoxy) is 1. The maximum Gasteiger partial charge on any atom is 0.127 e. The monoisotopic (exact) mass is 281 g/mol. The van der Waals surface area contributed by atoms with Crippen molar-refractivity contribution in [2.75, 3.05) is 13.2 Å².